The van der Waals surface area contributed by atoms with Crippen LogP contribution in [0.2, 0.25) is 0 Å². The smallest absolute Gasteiger partial charge is 0.280 e. The predicted octanol–water partition coefficient (Wildman–Crippen LogP) is 0.817. The summed E-state index contributed by atoms with van der Waals surface area (Å²) in [7, 11) is 0. The number of imidazole rings is 1. The maximum absolute atomic E-state index is 12.5. The molecule has 10 nitrogen and oxygen atoms in total. The summed E-state index contributed by atoms with van der Waals surface area (Å²) in [4.78, 5) is 23.6. The Balaban J connectivity index is 1.62. The van der Waals surface area contributed by atoms with Crippen LogP contribution in [0, 0.1) is 0 Å². The minimum atomic E-state index is -1.30. The molecule has 0 unspecified atom stereocenters. The second-order valence-electron chi connectivity index (χ2n) is 7.39. The number of anilines is 2. The van der Waals surface area contributed by atoms with E-state index in [2.05, 4.69) is 27.2 Å². The van der Waals surface area contributed by atoms with Crippen LogP contribution in [0.1, 0.15) is 31.6 Å². The summed E-state index contributed by atoms with van der Waals surface area (Å²) in [6.07, 6.45) is 0.0739. The summed E-state index contributed by atoms with van der Waals surface area (Å²) in [6, 6.07) is 7.88. The molecule has 0 spiro atoms. The van der Waals surface area contributed by atoms with Crippen LogP contribution in [0.5, 0.6) is 0 Å². The zero-order valence-electron chi connectivity index (χ0n) is 16.5. The van der Waals surface area contributed by atoms with E-state index in [1.165, 1.54) is 16.5 Å². The molecule has 0 saturated carbocycles. The molecule has 1 aliphatic rings. The highest BCUT2D eigenvalue weighted by atomic mass is 16.6. The van der Waals surface area contributed by atoms with Crippen molar-refractivity contribution in [2.24, 2.45) is 0 Å². The van der Waals surface area contributed by atoms with E-state index in [0.29, 0.717) is 0 Å². The van der Waals surface area contributed by atoms with Crippen LogP contribution in [0.15, 0.2) is 35.4 Å². The molecule has 1 aliphatic heterocycles. The van der Waals surface area contributed by atoms with Crippen molar-refractivity contribution in [2.45, 2.75) is 50.7 Å². The Kier molecular flexibility index (Phi) is 5.82. The molecular formula is C20H25N5O5. The summed E-state index contributed by atoms with van der Waals surface area (Å²) in [5.41, 5.74) is 1.81. The molecule has 1 fully saturated rings. The van der Waals surface area contributed by atoms with Crippen molar-refractivity contribution in [1.29, 1.82) is 0 Å². The molecule has 1 aromatic carbocycles. The topological polar surface area (TPSA) is 146 Å². The van der Waals surface area contributed by atoms with Gasteiger partial charge in [0.25, 0.3) is 5.56 Å². The fraction of sp³-hybridized carbons (Fsp3) is 0.450. The minimum Gasteiger partial charge on any atom is -0.394 e. The van der Waals surface area contributed by atoms with Gasteiger partial charge in [-0.2, -0.15) is 4.98 Å². The van der Waals surface area contributed by atoms with Crippen LogP contribution in [0.4, 0.5) is 11.6 Å². The van der Waals surface area contributed by atoms with Gasteiger partial charge in [-0.1, -0.05) is 25.5 Å². The van der Waals surface area contributed by atoms with Crippen LogP contribution in [-0.2, 0) is 11.2 Å². The molecule has 0 aliphatic carbocycles. The van der Waals surface area contributed by atoms with Gasteiger partial charge in [0.1, 0.15) is 18.3 Å². The Morgan fingerprint density at radius 2 is 2.00 bits per heavy atom. The summed E-state index contributed by atoms with van der Waals surface area (Å²) in [6.45, 7) is 1.70. The molecule has 1 saturated heterocycles. The van der Waals surface area contributed by atoms with Crippen molar-refractivity contribution < 1.29 is 20.1 Å². The molecule has 10 heteroatoms. The van der Waals surface area contributed by atoms with E-state index in [1.807, 2.05) is 24.3 Å². The molecule has 0 amide bonds. The lowest BCUT2D eigenvalue weighted by Crippen LogP contribution is -2.33. The summed E-state index contributed by atoms with van der Waals surface area (Å²) in [5, 5.41) is 32.7. The number of ether oxygens (including phenoxy) is 1. The Hall–Kier alpha value is -2.79. The number of hydrogen-bond acceptors (Lipinski definition) is 8. The average molecular weight is 415 g/mol. The number of unbranched alkanes of at least 4 members (excludes halogenated alkanes) is 1. The van der Waals surface area contributed by atoms with Crippen LogP contribution < -0.4 is 10.9 Å². The molecule has 160 valence electrons. The second-order valence-corrected chi connectivity index (χ2v) is 7.39. The van der Waals surface area contributed by atoms with E-state index in [0.717, 1.165) is 24.9 Å². The first-order valence-electron chi connectivity index (χ1n) is 9.97. The first kappa shape index (κ1) is 20.5. The van der Waals surface area contributed by atoms with E-state index in [9.17, 15) is 20.1 Å². The zero-order valence-corrected chi connectivity index (χ0v) is 16.5. The first-order valence-corrected chi connectivity index (χ1v) is 9.97. The highest BCUT2D eigenvalue weighted by Crippen LogP contribution is 2.31. The highest BCUT2D eigenvalue weighted by Gasteiger charge is 2.44. The van der Waals surface area contributed by atoms with E-state index >= 15 is 0 Å². The largest absolute Gasteiger partial charge is 0.394 e. The number of benzene rings is 1. The lowest BCUT2D eigenvalue weighted by atomic mass is 10.1. The number of aliphatic hydroxyl groups excluding tert-OH is 3. The molecule has 5 N–H and O–H groups in total. The van der Waals surface area contributed by atoms with E-state index in [4.69, 9.17) is 4.74 Å². The van der Waals surface area contributed by atoms with Crippen molar-refractivity contribution in [3.63, 3.8) is 0 Å². The van der Waals surface area contributed by atoms with Crippen molar-refractivity contribution >= 4 is 22.8 Å². The molecular weight excluding hydrogens is 390 g/mol. The van der Waals surface area contributed by atoms with E-state index in [-0.39, 0.29) is 17.1 Å². The van der Waals surface area contributed by atoms with Crippen LogP contribution in [0.25, 0.3) is 11.2 Å². The van der Waals surface area contributed by atoms with Crippen molar-refractivity contribution in [3.8, 4) is 0 Å². The number of rotatable bonds is 7. The standard InChI is InChI=1S/C20H25N5O5/c1-2-3-4-11-5-7-12(8-6-11)22-20-23-17-14(18(29)24-20)21-10-25(17)19-16(28)15(27)13(9-26)30-19/h5-8,10,13,15-16,19,26-28H,2-4,9H2,1H3,(H2,22,23,24,29)/t13-,15-,16-,19-/m1/s1. The highest BCUT2D eigenvalue weighted by molar-refractivity contribution is 5.72. The third kappa shape index (κ3) is 3.82. The number of hydrogen-bond donors (Lipinski definition) is 5. The maximum atomic E-state index is 12.5. The molecule has 3 heterocycles. The van der Waals surface area contributed by atoms with Gasteiger partial charge in [-0.25, -0.2) is 4.98 Å². The minimum absolute atomic E-state index is 0.0770. The van der Waals surface area contributed by atoms with Gasteiger partial charge in [0.15, 0.2) is 17.4 Å². The number of aromatic nitrogens is 4. The Bertz CT molecular complexity index is 1060. The molecule has 4 atom stereocenters. The molecule has 3 aromatic rings. The molecule has 4 rings (SSSR count). The normalized spacial score (nSPS) is 23.9. The lowest BCUT2D eigenvalue weighted by molar-refractivity contribution is -0.0511. The number of H-pyrrole nitrogens is 1. The molecule has 0 bridgehead atoms. The van der Waals surface area contributed by atoms with Crippen LogP contribution in [-0.4, -0.2) is 59.8 Å². The third-order valence-electron chi connectivity index (χ3n) is 5.26. The van der Waals surface area contributed by atoms with Gasteiger partial charge in [0.05, 0.1) is 12.9 Å². The van der Waals surface area contributed by atoms with Crippen molar-refractivity contribution in [1.82, 2.24) is 19.5 Å². The van der Waals surface area contributed by atoms with Gasteiger partial charge < -0.3 is 25.4 Å². The molecule has 30 heavy (non-hydrogen) atoms. The van der Waals surface area contributed by atoms with Gasteiger partial charge in [0.2, 0.25) is 5.95 Å². The van der Waals surface area contributed by atoms with Gasteiger partial charge in [-0.15, -0.1) is 0 Å². The van der Waals surface area contributed by atoms with Gasteiger partial charge >= 0.3 is 0 Å². The summed E-state index contributed by atoms with van der Waals surface area (Å²) < 4.78 is 6.91. The van der Waals surface area contributed by atoms with Gasteiger partial charge in [0, 0.05) is 5.69 Å². The van der Waals surface area contributed by atoms with Crippen molar-refractivity contribution in [2.75, 3.05) is 11.9 Å². The van der Waals surface area contributed by atoms with Gasteiger partial charge in [-0.3, -0.25) is 14.3 Å². The predicted molar refractivity (Wildman–Crippen MR) is 109 cm³/mol. The average Bonchev–Trinajstić information content (AvgIpc) is 3.29. The number of aromatic amines is 1. The maximum Gasteiger partial charge on any atom is 0.280 e. The summed E-state index contributed by atoms with van der Waals surface area (Å²) in [5.74, 6) is 0.210. The van der Waals surface area contributed by atoms with E-state index < -0.39 is 36.7 Å². The number of aryl methyl sites for hydroxylation is 1. The van der Waals surface area contributed by atoms with Crippen LogP contribution in [0.3, 0.4) is 0 Å². The quantitative estimate of drug-likeness (QED) is 0.381. The number of fused-ring (bicyclic) bond motifs is 1. The van der Waals surface area contributed by atoms with Crippen LogP contribution >= 0.6 is 0 Å². The second kappa shape index (κ2) is 8.52. The fourth-order valence-electron chi connectivity index (χ4n) is 3.55. The number of aliphatic hydroxyl groups is 3. The third-order valence-corrected chi connectivity index (χ3v) is 5.26. The van der Waals surface area contributed by atoms with E-state index in [1.54, 1.807) is 0 Å². The van der Waals surface area contributed by atoms with Gasteiger partial charge in [-0.05, 0) is 30.5 Å². The molecule has 0 radical (unpaired) electrons. The lowest BCUT2D eigenvalue weighted by Gasteiger charge is -2.16. The number of nitrogens with zero attached hydrogens (tertiary/aromatic N) is 3. The Morgan fingerprint density at radius 1 is 1.23 bits per heavy atom. The Labute approximate surface area is 172 Å². The Morgan fingerprint density at radius 3 is 2.67 bits per heavy atom. The SMILES string of the molecule is CCCCc1ccc(Nc2nc3c(ncn3[C@@H]3O[C@H](CO)[C@@H](O)[C@H]3O)c(=O)[nH]2)cc1. The summed E-state index contributed by atoms with van der Waals surface area (Å²) >= 11 is 0. The number of nitrogens with one attached hydrogen (secondary N) is 2. The zero-order chi connectivity index (χ0) is 21.3. The fourth-order valence-corrected chi connectivity index (χ4v) is 3.55. The van der Waals surface area contributed by atoms with Crippen molar-refractivity contribution in [3.05, 3.63) is 46.5 Å². The monoisotopic (exact) mass is 415 g/mol. The first-order chi connectivity index (χ1) is 14.5. The molecule has 2 aromatic heterocycles.